The molecule has 0 aliphatic carbocycles. The highest BCUT2D eigenvalue weighted by Gasteiger charge is 1.99. The van der Waals surface area contributed by atoms with Crippen LogP contribution in [0.15, 0.2) is 18.2 Å². The van der Waals surface area contributed by atoms with Crippen molar-refractivity contribution in [3.63, 3.8) is 0 Å². The van der Waals surface area contributed by atoms with Crippen LogP contribution in [0.25, 0.3) is 0 Å². The van der Waals surface area contributed by atoms with E-state index >= 15 is 0 Å². The summed E-state index contributed by atoms with van der Waals surface area (Å²) in [6.45, 7) is 2.81. The van der Waals surface area contributed by atoms with Crippen LogP contribution in [0.3, 0.4) is 0 Å². The Bertz CT molecular complexity index is 261. The van der Waals surface area contributed by atoms with Crippen LogP contribution in [0.1, 0.15) is 13.3 Å². The maximum Gasteiger partial charge on any atom is 0.148 e. The van der Waals surface area contributed by atoms with Crippen molar-refractivity contribution in [2.24, 2.45) is 0 Å². The quantitative estimate of drug-likeness (QED) is 0.679. The van der Waals surface area contributed by atoms with Gasteiger partial charge in [0.05, 0.1) is 5.69 Å². The molecule has 0 spiro atoms. The van der Waals surface area contributed by atoms with Gasteiger partial charge in [-0.05, 0) is 24.6 Å². The van der Waals surface area contributed by atoms with E-state index in [-0.39, 0.29) is 5.82 Å². The molecular formula is C9H13FN2. The second kappa shape index (κ2) is 3.95. The number of hydrogen-bond acceptors (Lipinski definition) is 2. The number of benzene rings is 1. The Morgan fingerprint density at radius 3 is 2.83 bits per heavy atom. The fraction of sp³-hybridized carbons (Fsp3) is 0.333. The molecule has 1 aromatic carbocycles. The molecule has 0 unspecified atom stereocenters. The number of hydrogen-bond donors (Lipinski definition) is 2. The lowest BCUT2D eigenvalue weighted by atomic mass is 10.2. The minimum Gasteiger partial charge on any atom is -0.399 e. The van der Waals surface area contributed by atoms with E-state index < -0.39 is 0 Å². The molecule has 0 aromatic heterocycles. The van der Waals surface area contributed by atoms with E-state index in [9.17, 15) is 4.39 Å². The first-order valence-electron chi connectivity index (χ1n) is 4.03. The topological polar surface area (TPSA) is 38.0 Å². The van der Waals surface area contributed by atoms with Crippen molar-refractivity contribution in [1.82, 2.24) is 0 Å². The Morgan fingerprint density at radius 1 is 1.50 bits per heavy atom. The van der Waals surface area contributed by atoms with E-state index in [1.165, 1.54) is 6.07 Å². The molecule has 1 aromatic rings. The third-order valence-corrected chi connectivity index (χ3v) is 1.56. The molecule has 0 amide bonds. The molecule has 3 N–H and O–H groups in total. The first kappa shape index (κ1) is 8.84. The lowest BCUT2D eigenvalue weighted by Gasteiger charge is -2.05. The van der Waals surface area contributed by atoms with Crippen molar-refractivity contribution in [1.29, 1.82) is 0 Å². The molecule has 0 atom stereocenters. The van der Waals surface area contributed by atoms with Crippen LogP contribution in [0.4, 0.5) is 15.8 Å². The second-order valence-electron chi connectivity index (χ2n) is 2.67. The highest BCUT2D eigenvalue weighted by molar-refractivity contribution is 5.52. The second-order valence-corrected chi connectivity index (χ2v) is 2.67. The van der Waals surface area contributed by atoms with E-state index in [4.69, 9.17) is 5.73 Å². The average Bonchev–Trinajstić information content (AvgIpc) is 2.03. The largest absolute Gasteiger partial charge is 0.399 e. The summed E-state index contributed by atoms with van der Waals surface area (Å²) >= 11 is 0. The molecule has 0 radical (unpaired) electrons. The first-order chi connectivity index (χ1) is 5.74. The summed E-state index contributed by atoms with van der Waals surface area (Å²) in [5.74, 6) is -0.288. The van der Waals surface area contributed by atoms with Crippen LogP contribution in [0.2, 0.25) is 0 Å². The Hall–Kier alpha value is -1.25. The van der Waals surface area contributed by atoms with Gasteiger partial charge in [0.15, 0.2) is 0 Å². The van der Waals surface area contributed by atoms with Gasteiger partial charge in [-0.2, -0.15) is 0 Å². The highest BCUT2D eigenvalue weighted by atomic mass is 19.1. The van der Waals surface area contributed by atoms with Crippen molar-refractivity contribution < 1.29 is 4.39 Å². The summed E-state index contributed by atoms with van der Waals surface area (Å²) in [5, 5.41) is 2.96. The van der Waals surface area contributed by atoms with Crippen LogP contribution in [-0.4, -0.2) is 6.54 Å². The van der Waals surface area contributed by atoms with Crippen molar-refractivity contribution in [2.45, 2.75) is 13.3 Å². The maximum atomic E-state index is 13.0. The van der Waals surface area contributed by atoms with E-state index in [2.05, 4.69) is 5.32 Å². The van der Waals surface area contributed by atoms with E-state index in [0.717, 1.165) is 13.0 Å². The van der Waals surface area contributed by atoms with Gasteiger partial charge in [-0.1, -0.05) is 6.92 Å². The third-order valence-electron chi connectivity index (χ3n) is 1.56. The zero-order valence-corrected chi connectivity index (χ0v) is 7.10. The van der Waals surface area contributed by atoms with Crippen molar-refractivity contribution in [2.75, 3.05) is 17.6 Å². The molecular weight excluding hydrogens is 155 g/mol. The maximum absolute atomic E-state index is 13.0. The summed E-state index contributed by atoms with van der Waals surface area (Å²) in [7, 11) is 0. The molecule has 1 rings (SSSR count). The number of rotatable bonds is 3. The SMILES string of the molecule is CCCNc1ccc(N)cc1F. The molecule has 0 aliphatic rings. The molecule has 12 heavy (non-hydrogen) atoms. The zero-order chi connectivity index (χ0) is 8.97. The Morgan fingerprint density at radius 2 is 2.25 bits per heavy atom. The van der Waals surface area contributed by atoms with Crippen LogP contribution in [0, 0.1) is 5.82 Å². The summed E-state index contributed by atoms with van der Waals surface area (Å²) in [6.07, 6.45) is 0.976. The molecule has 0 fully saturated rings. The minimum atomic E-state index is -0.288. The number of nitrogens with one attached hydrogen (secondary N) is 1. The van der Waals surface area contributed by atoms with Gasteiger partial charge in [-0.3, -0.25) is 0 Å². The number of halogens is 1. The molecule has 3 heteroatoms. The summed E-state index contributed by atoms with van der Waals surface area (Å²) in [5.41, 5.74) is 6.36. The molecule has 0 saturated carbocycles. The monoisotopic (exact) mass is 168 g/mol. The molecule has 0 saturated heterocycles. The molecule has 0 heterocycles. The van der Waals surface area contributed by atoms with E-state index in [1.54, 1.807) is 12.1 Å². The fourth-order valence-corrected chi connectivity index (χ4v) is 0.934. The van der Waals surface area contributed by atoms with Gasteiger partial charge in [0.25, 0.3) is 0 Å². The van der Waals surface area contributed by atoms with Crippen LogP contribution in [0.5, 0.6) is 0 Å². The van der Waals surface area contributed by atoms with Gasteiger partial charge in [-0.25, -0.2) is 4.39 Å². The van der Waals surface area contributed by atoms with Gasteiger partial charge in [0.1, 0.15) is 5.82 Å². The molecule has 0 bridgehead atoms. The standard InChI is InChI=1S/C9H13FN2/c1-2-5-12-9-4-3-7(11)6-8(9)10/h3-4,6,12H,2,5,11H2,1H3. The predicted octanol–water partition coefficient (Wildman–Crippen LogP) is 2.23. The predicted molar refractivity (Wildman–Crippen MR) is 49.6 cm³/mol. The van der Waals surface area contributed by atoms with Gasteiger partial charge in [-0.15, -0.1) is 0 Å². The van der Waals surface area contributed by atoms with Crippen LogP contribution < -0.4 is 11.1 Å². The third kappa shape index (κ3) is 2.12. The highest BCUT2D eigenvalue weighted by Crippen LogP contribution is 2.16. The summed E-state index contributed by atoms with van der Waals surface area (Å²) < 4.78 is 13.0. The van der Waals surface area contributed by atoms with E-state index in [0.29, 0.717) is 11.4 Å². The molecule has 66 valence electrons. The minimum absolute atomic E-state index is 0.288. The lowest BCUT2D eigenvalue weighted by Crippen LogP contribution is -2.02. The number of anilines is 2. The van der Waals surface area contributed by atoms with Crippen LogP contribution >= 0.6 is 0 Å². The Balaban J connectivity index is 2.72. The zero-order valence-electron chi connectivity index (χ0n) is 7.10. The Labute approximate surface area is 71.6 Å². The summed E-state index contributed by atoms with van der Waals surface area (Å²) in [6, 6.07) is 4.65. The summed E-state index contributed by atoms with van der Waals surface area (Å²) in [4.78, 5) is 0. The van der Waals surface area contributed by atoms with Crippen molar-refractivity contribution in [3.8, 4) is 0 Å². The number of nitrogens with two attached hydrogens (primary N) is 1. The Kier molecular flexibility index (Phi) is 2.91. The van der Waals surface area contributed by atoms with Crippen molar-refractivity contribution >= 4 is 11.4 Å². The van der Waals surface area contributed by atoms with Crippen LogP contribution in [-0.2, 0) is 0 Å². The first-order valence-corrected chi connectivity index (χ1v) is 4.03. The van der Waals surface area contributed by atoms with Gasteiger partial charge >= 0.3 is 0 Å². The van der Waals surface area contributed by atoms with Gasteiger partial charge in [0.2, 0.25) is 0 Å². The molecule has 0 aliphatic heterocycles. The number of nitrogen functional groups attached to an aromatic ring is 1. The van der Waals surface area contributed by atoms with Gasteiger partial charge < -0.3 is 11.1 Å². The average molecular weight is 168 g/mol. The van der Waals surface area contributed by atoms with Crippen molar-refractivity contribution in [3.05, 3.63) is 24.0 Å². The van der Waals surface area contributed by atoms with Gasteiger partial charge in [0, 0.05) is 12.2 Å². The normalized spacial score (nSPS) is 9.83. The lowest BCUT2D eigenvalue weighted by molar-refractivity contribution is 0.630. The molecule has 2 nitrogen and oxygen atoms in total. The van der Waals surface area contributed by atoms with E-state index in [1.807, 2.05) is 6.92 Å². The smallest absolute Gasteiger partial charge is 0.148 e. The fourth-order valence-electron chi connectivity index (χ4n) is 0.934.